The minimum atomic E-state index is 0.160. The summed E-state index contributed by atoms with van der Waals surface area (Å²) < 4.78 is 0. The fourth-order valence-corrected chi connectivity index (χ4v) is 2.37. The Kier molecular flexibility index (Phi) is 5.40. The van der Waals surface area contributed by atoms with Crippen LogP contribution in [0.5, 0.6) is 0 Å². The zero-order valence-corrected chi connectivity index (χ0v) is 10.5. The first kappa shape index (κ1) is 12.8. The molecule has 1 unspecified atom stereocenters. The molecular weight excluding hydrogens is 212 g/mol. The van der Waals surface area contributed by atoms with Gasteiger partial charge in [0.25, 0.3) is 0 Å². The van der Waals surface area contributed by atoms with Crippen LogP contribution in [-0.4, -0.2) is 54.3 Å². The Morgan fingerprint density at radius 1 is 1.60 bits per heavy atom. The monoisotopic (exact) mass is 232 g/mol. The Bertz CT molecular complexity index is 211. The van der Waals surface area contributed by atoms with Crippen LogP contribution >= 0.6 is 11.6 Å². The van der Waals surface area contributed by atoms with Crippen molar-refractivity contribution in [3.63, 3.8) is 0 Å². The summed E-state index contributed by atoms with van der Waals surface area (Å²) in [6.07, 6.45) is 2.93. The maximum absolute atomic E-state index is 11.5. The minimum Gasteiger partial charge on any atom is -0.344 e. The van der Waals surface area contributed by atoms with E-state index >= 15 is 0 Å². The normalized spacial score (nSPS) is 21.9. The van der Waals surface area contributed by atoms with Gasteiger partial charge in [0.05, 0.1) is 0 Å². The molecule has 1 amide bonds. The lowest BCUT2D eigenvalue weighted by Crippen LogP contribution is -2.41. The summed E-state index contributed by atoms with van der Waals surface area (Å²) in [6, 6.07) is 0.555. The van der Waals surface area contributed by atoms with Crippen molar-refractivity contribution in [3.05, 3.63) is 0 Å². The number of hydrogen-bond acceptors (Lipinski definition) is 2. The lowest BCUT2D eigenvalue weighted by molar-refractivity contribution is -0.130. The van der Waals surface area contributed by atoms with Crippen molar-refractivity contribution in [2.45, 2.75) is 32.2 Å². The Morgan fingerprint density at radius 2 is 2.33 bits per heavy atom. The molecule has 0 aromatic heterocycles. The third-order valence-electron chi connectivity index (χ3n) is 3.12. The van der Waals surface area contributed by atoms with E-state index in [4.69, 9.17) is 11.6 Å². The zero-order chi connectivity index (χ0) is 11.3. The Hall–Kier alpha value is -0.280. The highest BCUT2D eigenvalue weighted by Gasteiger charge is 2.25. The Balaban J connectivity index is 2.36. The number of hydrogen-bond donors (Lipinski definition) is 0. The molecule has 15 heavy (non-hydrogen) atoms. The van der Waals surface area contributed by atoms with Crippen LogP contribution in [0.3, 0.4) is 0 Å². The van der Waals surface area contributed by atoms with Crippen LogP contribution in [0, 0.1) is 0 Å². The molecule has 0 bridgehead atoms. The van der Waals surface area contributed by atoms with E-state index in [1.54, 1.807) is 0 Å². The largest absolute Gasteiger partial charge is 0.344 e. The van der Waals surface area contributed by atoms with Crippen molar-refractivity contribution in [3.8, 4) is 0 Å². The van der Waals surface area contributed by atoms with Crippen LogP contribution in [0.1, 0.15) is 26.2 Å². The molecule has 3 nitrogen and oxygen atoms in total. The van der Waals surface area contributed by atoms with Gasteiger partial charge in [0.2, 0.25) is 5.91 Å². The van der Waals surface area contributed by atoms with Crippen molar-refractivity contribution in [2.75, 3.05) is 32.6 Å². The maximum atomic E-state index is 11.5. The zero-order valence-electron chi connectivity index (χ0n) is 9.71. The quantitative estimate of drug-likeness (QED) is 0.672. The van der Waals surface area contributed by atoms with Gasteiger partial charge in [0, 0.05) is 31.9 Å². The fourth-order valence-electron chi connectivity index (χ4n) is 2.21. The van der Waals surface area contributed by atoms with Gasteiger partial charge in [-0.15, -0.1) is 11.6 Å². The van der Waals surface area contributed by atoms with Crippen LogP contribution in [0.2, 0.25) is 0 Å². The summed E-state index contributed by atoms with van der Waals surface area (Å²) in [7, 11) is 1.88. The average molecular weight is 233 g/mol. The summed E-state index contributed by atoms with van der Waals surface area (Å²) in [5.41, 5.74) is 0. The molecule has 1 fully saturated rings. The molecule has 0 aromatic rings. The van der Waals surface area contributed by atoms with E-state index in [0.717, 1.165) is 13.1 Å². The van der Waals surface area contributed by atoms with E-state index in [2.05, 4.69) is 11.8 Å². The molecule has 1 aliphatic rings. The smallest absolute Gasteiger partial charge is 0.223 e. The molecule has 1 saturated heterocycles. The summed E-state index contributed by atoms with van der Waals surface area (Å²) in [4.78, 5) is 15.8. The van der Waals surface area contributed by atoms with E-state index in [9.17, 15) is 4.79 Å². The second-order valence-electron chi connectivity index (χ2n) is 4.14. The van der Waals surface area contributed by atoms with Gasteiger partial charge in [0.1, 0.15) is 0 Å². The van der Waals surface area contributed by atoms with Crippen molar-refractivity contribution in [2.24, 2.45) is 0 Å². The average Bonchev–Trinajstić information content (AvgIpc) is 2.65. The molecule has 1 rings (SSSR count). The Labute approximate surface area is 97.4 Å². The van der Waals surface area contributed by atoms with Crippen LogP contribution in [0.25, 0.3) is 0 Å². The predicted octanol–water partition coefficient (Wildman–Crippen LogP) is 1.56. The summed E-state index contributed by atoms with van der Waals surface area (Å²) in [5, 5.41) is 0. The number of nitrogens with zero attached hydrogens (tertiary/aromatic N) is 2. The molecule has 88 valence electrons. The van der Waals surface area contributed by atoms with E-state index in [-0.39, 0.29) is 5.91 Å². The van der Waals surface area contributed by atoms with Crippen molar-refractivity contribution in [1.82, 2.24) is 9.80 Å². The standard InChI is InChI=1S/C11H21ClN2O/c1-3-14-8-4-5-10(14)9-13(2)11(15)6-7-12/h10H,3-9H2,1-2H3. The van der Waals surface area contributed by atoms with Gasteiger partial charge in [-0.25, -0.2) is 0 Å². The Morgan fingerprint density at radius 3 is 2.93 bits per heavy atom. The topological polar surface area (TPSA) is 23.6 Å². The predicted molar refractivity (Wildman–Crippen MR) is 63.2 cm³/mol. The van der Waals surface area contributed by atoms with Gasteiger partial charge in [0.15, 0.2) is 0 Å². The van der Waals surface area contributed by atoms with Crippen molar-refractivity contribution >= 4 is 17.5 Å². The molecule has 0 aromatic carbocycles. The number of alkyl halides is 1. The second-order valence-corrected chi connectivity index (χ2v) is 4.52. The van der Waals surface area contributed by atoms with Crippen LogP contribution in [0.15, 0.2) is 0 Å². The van der Waals surface area contributed by atoms with Gasteiger partial charge in [-0.05, 0) is 25.9 Å². The number of halogens is 1. The molecule has 0 saturated carbocycles. The molecule has 0 N–H and O–H groups in total. The molecule has 4 heteroatoms. The number of amides is 1. The fraction of sp³-hybridized carbons (Fsp3) is 0.909. The first-order chi connectivity index (χ1) is 7.19. The summed E-state index contributed by atoms with van der Waals surface area (Å²) >= 11 is 5.56. The lowest BCUT2D eigenvalue weighted by atomic mass is 10.2. The molecule has 1 aliphatic heterocycles. The van der Waals surface area contributed by atoms with Gasteiger partial charge in [-0.3, -0.25) is 9.69 Å². The van der Waals surface area contributed by atoms with Crippen molar-refractivity contribution < 1.29 is 4.79 Å². The molecule has 0 radical (unpaired) electrons. The van der Waals surface area contributed by atoms with Gasteiger partial charge in [-0.1, -0.05) is 6.92 Å². The van der Waals surface area contributed by atoms with Gasteiger partial charge >= 0.3 is 0 Å². The van der Waals surface area contributed by atoms with Crippen molar-refractivity contribution in [1.29, 1.82) is 0 Å². The maximum Gasteiger partial charge on any atom is 0.223 e. The molecule has 0 spiro atoms. The number of rotatable bonds is 5. The number of carbonyl (C=O) groups excluding carboxylic acids is 1. The first-order valence-electron chi connectivity index (χ1n) is 5.73. The first-order valence-corrected chi connectivity index (χ1v) is 6.26. The molecule has 0 aliphatic carbocycles. The number of carbonyl (C=O) groups is 1. The third-order valence-corrected chi connectivity index (χ3v) is 3.31. The van der Waals surface area contributed by atoms with Crippen LogP contribution < -0.4 is 0 Å². The van der Waals surface area contributed by atoms with Gasteiger partial charge < -0.3 is 4.90 Å². The van der Waals surface area contributed by atoms with E-state index in [1.807, 2.05) is 11.9 Å². The van der Waals surface area contributed by atoms with Crippen LogP contribution in [-0.2, 0) is 4.79 Å². The van der Waals surface area contributed by atoms with Crippen LogP contribution in [0.4, 0.5) is 0 Å². The summed E-state index contributed by atoms with van der Waals surface area (Å²) in [6.45, 7) is 5.30. The number of likely N-dealkylation sites (N-methyl/N-ethyl adjacent to an activating group) is 2. The summed E-state index contributed by atoms with van der Waals surface area (Å²) in [5.74, 6) is 0.582. The lowest BCUT2D eigenvalue weighted by Gasteiger charge is -2.27. The third kappa shape index (κ3) is 3.65. The van der Waals surface area contributed by atoms with E-state index in [0.29, 0.717) is 18.3 Å². The molecule has 1 heterocycles. The van der Waals surface area contributed by atoms with E-state index in [1.165, 1.54) is 19.4 Å². The number of likely N-dealkylation sites (tertiary alicyclic amines) is 1. The highest BCUT2D eigenvalue weighted by atomic mass is 35.5. The molecular formula is C11H21ClN2O. The highest BCUT2D eigenvalue weighted by molar-refractivity contribution is 6.18. The van der Waals surface area contributed by atoms with E-state index < -0.39 is 0 Å². The SMILES string of the molecule is CCN1CCCC1CN(C)C(=O)CCCl. The molecule has 1 atom stereocenters. The van der Waals surface area contributed by atoms with Gasteiger partial charge in [-0.2, -0.15) is 0 Å². The second kappa shape index (κ2) is 6.33. The minimum absolute atomic E-state index is 0.160. The highest BCUT2D eigenvalue weighted by Crippen LogP contribution is 2.17.